The van der Waals surface area contributed by atoms with Crippen LogP contribution in [0.1, 0.15) is 41.0 Å². The lowest BCUT2D eigenvalue weighted by Gasteiger charge is -2.49. The van der Waals surface area contributed by atoms with Crippen LogP contribution in [0.4, 0.5) is 15.9 Å². The molecule has 4 rings (SSSR count). The molecule has 0 aliphatic carbocycles. The number of hydrogen-bond acceptors (Lipinski definition) is 6. The van der Waals surface area contributed by atoms with Gasteiger partial charge in [0.1, 0.15) is 12.1 Å². The number of anilines is 2. The summed E-state index contributed by atoms with van der Waals surface area (Å²) in [5, 5.41) is 0. The summed E-state index contributed by atoms with van der Waals surface area (Å²) >= 11 is 0. The fraction of sp³-hybridized carbons (Fsp3) is 0.577. The molecule has 7 nitrogen and oxygen atoms in total. The van der Waals surface area contributed by atoms with E-state index in [9.17, 15) is 9.18 Å². The molecule has 2 aliphatic rings. The van der Waals surface area contributed by atoms with E-state index in [0.29, 0.717) is 35.1 Å². The van der Waals surface area contributed by atoms with Crippen molar-refractivity contribution in [2.45, 2.75) is 41.0 Å². The maximum absolute atomic E-state index is 14.2. The Bertz CT molecular complexity index is 1020. The Morgan fingerprint density at radius 2 is 1.97 bits per heavy atom. The molecule has 1 aromatic heterocycles. The molecule has 2 fully saturated rings. The van der Waals surface area contributed by atoms with Crippen LogP contribution in [-0.4, -0.2) is 60.0 Å². The quantitative estimate of drug-likeness (QED) is 0.564. The first-order valence-corrected chi connectivity index (χ1v) is 12.3. The number of rotatable bonds is 8. The van der Waals surface area contributed by atoms with Gasteiger partial charge in [0.25, 0.3) is 0 Å². The lowest BCUT2D eigenvalue weighted by molar-refractivity contribution is -0.121. The second-order valence-electron chi connectivity index (χ2n) is 10.4. The highest BCUT2D eigenvalue weighted by molar-refractivity contribution is 5.96. The molecule has 2 aromatic rings. The van der Waals surface area contributed by atoms with Crippen LogP contribution in [-0.2, 0) is 4.79 Å². The Kier molecular flexibility index (Phi) is 7.07. The van der Waals surface area contributed by atoms with Crippen molar-refractivity contribution in [3.63, 3.8) is 0 Å². The lowest BCUT2D eigenvalue weighted by Crippen LogP contribution is -2.58. The van der Waals surface area contributed by atoms with E-state index in [1.807, 2.05) is 20.8 Å². The number of ether oxygens (including phenoxy) is 1. The first kappa shape index (κ1) is 24.4. The number of aromatic nitrogens is 2. The zero-order valence-corrected chi connectivity index (χ0v) is 20.9. The monoisotopic (exact) mass is 469 g/mol. The van der Waals surface area contributed by atoms with Crippen LogP contribution < -0.4 is 14.5 Å². The molecule has 0 N–H and O–H groups in total. The molecule has 0 unspecified atom stereocenters. The summed E-state index contributed by atoms with van der Waals surface area (Å²) in [6.45, 7) is 15.7. The number of hydrogen-bond donors (Lipinski definition) is 0. The molecule has 1 amide bonds. The van der Waals surface area contributed by atoms with E-state index in [2.05, 4.69) is 33.6 Å². The average molecular weight is 470 g/mol. The van der Waals surface area contributed by atoms with E-state index in [-0.39, 0.29) is 11.8 Å². The highest BCUT2D eigenvalue weighted by Crippen LogP contribution is 2.45. The summed E-state index contributed by atoms with van der Waals surface area (Å²) in [6, 6.07) is 4.26. The van der Waals surface area contributed by atoms with Crippen molar-refractivity contribution in [2.24, 2.45) is 17.3 Å². The second-order valence-corrected chi connectivity index (χ2v) is 10.4. The van der Waals surface area contributed by atoms with Gasteiger partial charge in [0.15, 0.2) is 17.3 Å². The van der Waals surface area contributed by atoms with Gasteiger partial charge in [-0.25, -0.2) is 14.4 Å². The van der Waals surface area contributed by atoms with Crippen molar-refractivity contribution in [3.05, 3.63) is 36.5 Å². The molecule has 0 bridgehead atoms. The molecule has 3 heterocycles. The summed E-state index contributed by atoms with van der Waals surface area (Å²) in [5.41, 5.74) is 0.720. The van der Waals surface area contributed by atoms with E-state index in [1.165, 1.54) is 24.9 Å². The second kappa shape index (κ2) is 9.86. The van der Waals surface area contributed by atoms with Gasteiger partial charge in [0.05, 0.1) is 11.9 Å². The van der Waals surface area contributed by atoms with Crippen LogP contribution in [0, 0.1) is 23.1 Å². The highest BCUT2D eigenvalue weighted by atomic mass is 19.1. The number of likely N-dealkylation sites (tertiary alicyclic amines) is 1. The molecular formula is C26H36FN5O2. The summed E-state index contributed by atoms with van der Waals surface area (Å²) in [4.78, 5) is 27.8. The maximum Gasteiger partial charge on any atom is 0.229 e. The fourth-order valence-electron chi connectivity index (χ4n) is 5.15. The third-order valence-corrected chi connectivity index (χ3v) is 6.66. The van der Waals surface area contributed by atoms with E-state index < -0.39 is 5.82 Å². The summed E-state index contributed by atoms with van der Waals surface area (Å²) in [7, 11) is 0. The molecule has 1 spiro atoms. The minimum absolute atomic E-state index is 0.0839. The summed E-state index contributed by atoms with van der Waals surface area (Å²) < 4.78 is 20.4. The van der Waals surface area contributed by atoms with Gasteiger partial charge in [-0.2, -0.15) is 0 Å². The molecule has 1 aromatic carbocycles. The number of carbonyl (C=O) groups is 1. The highest BCUT2D eigenvalue weighted by Gasteiger charge is 2.48. The number of amides is 1. The lowest BCUT2D eigenvalue weighted by atomic mass is 9.79. The number of carbonyl (C=O) groups excluding carboxylic acids is 1. The smallest absolute Gasteiger partial charge is 0.229 e. The first-order chi connectivity index (χ1) is 16.2. The minimum atomic E-state index is -0.418. The van der Waals surface area contributed by atoms with Gasteiger partial charge in [-0.15, -0.1) is 0 Å². The molecule has 0 saturated carbocycles. The van der Waals surface area contributed by atoms with Crippen molar-refractivity contribution in [1.29, 1.82) is 0 Å². The Morgan fingerprint density at radius 1 is 1.21 bits per heavy atom. The number of benzene rings is 1. The zero-order valence-electron chi connectivity index (χ0n) is 20.9. The molecule has 0 radical (unpaired) electrons. The Hall–Kier alpha value is -2.74. The third-order valence-electron chi connectivity index (χ3n) is 6.66. The van der Waals surface area contributed by atoms with Crippen molar-refractivity contribution >= 4 is 17.4 Å². The summed E-state index contributed by atoms with van der Waals surface area (Å²) in [5.74, 6) is 1.60. The normalized spacial score (nSPS) is 17.5. The van der Waals surface area contributed by atoms with Crippen molar-refractivity contribution in [2.75, 3.05) is 49.1 Å². The Labute approximate surface area is 201 Å². The third kappa shape index (κ3) is 5.02. The van der Waals surface area contributed by atoms with E-state index in [1.54, 1.807) is 17.2 Å². The Morgan fingerprint density at radius 3 is 2.65 bits per heavy atom. The van der Waals surface area contributed by atoms with Gasteiger partial charge in [-0.3, -0.25) is 4.79 Å². The van der Waals surface area contributed by atoms with Gasteiger partial charge >= 0.3 is 0 Å². The minimum Gasteiger partial charge on any atom is -0.450 e. The molecule has 8 heteroatoms. The van der Waals surface area contributed by atoms with Gasteiger partial charge in [-0.1, -0.05) is 27.7 Å². The molecule has 2 saturated heterocycles. The largest absolute Gasteiger partial charge is 0.450 e. The number of halogens is 1. The summed E-state index contributed by atoms with van der Waals surface area (Å²) in [6.07, 6.45) is 4.36. The van der Waals surface area contributed by atoms with Crippen LogP contribution in [0.25, 0.3) is 0 Å². The SMILES string of the molecule is CCN(C(=O)C(C)C)c1cc(F)ccc1Oc1cncnc1N1CC2(CCN(CC(C)C)C2)C1. The van der Waals surface area contributed by atoms with Crippen molar-refractivity contribution in [3.8, 4) is 11.5 Å². The van der Waals surface area contributed by atoms with Crippen LogP contribution in [0.2, 0.25) is 0 Å². The molecule has 34 heavy (non-hydrogen) atoms. The van der Waals surface area contributed by atoms with E-state index in [0.717, 1.165) is 38.5 Å². The zero-order chi connectivity index (χ0) is 24.5. The Balaban J connectivity index is 1.54. The average Bonchev–Trinajstić information content (AvgIpc) is 3.19. The molecular weight excluding hydrogens is 433 g/mol. The standard InChI is InChI=1S/C26H36FN5O2/c1-6-32(25(33)19(4)5)21-11-20(27)7-8-22(21)34-23-12-28-17-29-24(23)31-15-26(16-31)9-10-30(14-26)13-18(2)3/h7-8,11-12,17-19H,6,9-10,13-16H2,1-5H3. The molecule has 0 atom stereocenters. The van der Waals surface area contributed by atoms with Crippen molar-refractivity contribution < 1.29 is 13.9 Å². The van der Waals surface area contributed by atoms with Crippen LogP contribution >= 0.6 is 0 Å². The number of nitrogens with zero attached hydrogens (tertiary/aromatic N) is 5. The molecule has 2 aliphatic heterocycles. The predicted molar refractivity (Wildman–Crippen MR) is 132 cm³/mol. The van der Waals surface area contributed by atoms with Crippen LogP contribution in [0.5, 0.6) is 11.5 Å². The van der Waals surface area contributed by atoms with Gasteiger partial charge in [0.2, 0.25) is 5.91 Å². The first-order valence-electron chi connectivity index (χ1n) is 12.3. The predicted octanol–water partition coefficient (Wildman–Crippen LogP) is 4.59. The van der Waals surface area contributed by atoms with Crippen molar-refractivity contribution in [1.82, 2.24) is 14.9 Å². The molecule has 184 valence electrons. The topological polar surface area (TPSA) is 61.8 Å². The maximum atomic E-state index is 14.2. The van der Waals surface area contributed by atoms with E-state index in [4.69, 9.17) is 4.74 Å². The van der Waals surface area contributed by atoms with E-state index >= 15 is 0 Å². The van der Waals surface area contributed by atoms with Gasteiger partial charge in [0, 0.05) is 50.1 Å². The van der Waals surface area contributed by atoms with Gasteiger partial charge in [-0.05, 0) is 37.9 Å². The van der Waals surface area contributed by atoms with Gasteiger partial charge < -0.3 is 19.4 Å². The van der Waals surface area contributed by atoms with Crippen LogP contribution in [0.15, 0.2) is 30.7 Å². The fourth-order valence-corrected chi connectivity index (χ4v) is 5.15. The van der Waals surface area contributed by atoms with Crippen LogP contribution in [0.3, 0.4) is 0 Å².